The molecule has 0 spiro atoms. The van der Waals surface area contributed by atoms with Crippen molar-refractivity contribution in [3.05, 3.63) is 95.1 Å². The predicted octanol–water partition coefficient (Wildman–Crippen LogP) is 6.23. The van der Waals surface area contributed by atoms with E-state index in [2.05, 4.69) is 67.4 Å². The fraction of sp³-hybridized carbons (Fsp3) is 0.192. The molecule has 0 saturated heterocycles. The molecule has 1 N–H and O–H groups in total. The van der Waals surface area contributed by atoms with Crippen LogP contribution in [0.2, 0.25) is 0 Å². The molecule has 1 aromatic heterocycles. The predicted molar refractivity (Wildman–Crippen MR) is 115 cm³/mol. The van der Waals surface area contributed by atoms with Crippen molar-refractivity contribution in [3.8, 4) is 11.3 Å². The summed E-state index contributed by atoms with van der Waals surface area (Å²) in [5.41, 5.74) is 7.95. The third kappa shape index (κ3) is 2.60. The standard InChI is InChI=1S/C26H23NO/c1-17-12-13-23-20(14-17)21(25(27-23)18-8-4-3-5-9-18)15-26(2)16-24(28)19-10-6-7-11-22(19)26/h3-14,27H,15-16H2,1-2H3. The normalized spacial score (nSPS) is 18.6. The molecule has 138 valence electrons. The Morgan fingerprint density at radius 2 is 1.71 bits per heavy atom. The van der Waals surface area contributed by atoms with Crippen molar-refractivity contribution < 1.29 is 4.79 Å². The van der Waals surface area contributed by atoms with Gasteiger partial charge in [0.05, 0.1) is 0 Å². The van der Waals surface area contributed by atoms with E-state index >= 15 is 0 Å². The topological polar surface area (TPSA) is 32.9 Å². The van der Waals surface area contributed by atoms with E-state index in [1.165, 1.54) is 33.3 Å². The summed E-state index contributed by atoms with van der Waals surface area (Å²) in [4.78, 5) is 16.3. The first-order valence-electron chi connectivity index (χ1n) is 9.84. The SMILES string of the molecule is Cc1ccc2[nH]c(-c3ccccc3)c(CC3(C)CC(=O)c4ccccc43)c2c1. The van der Waals surface area contributed by atoms with Crippen LogP contribution in [0.25, 0.3) is 22.2 Å². The molecule has 1 aliphatic carbocycles. The van der Waals surface area contributed by atoms with Crippen molar-refractivity contribution in [1.82, 2.24) is 4.98 Å². The van der Waals surface area contributed by atoms with Crippen molar-refractivity contribution in [2.24, 2.45) is 0 Å². The Hall–Kier alpha value is -3.13. The number of hydrogen-bond acceptors (Lipinski definition) is 1. The first-order valence-corrected chi connectivity index (χ1v) is 9.84. The number of ketones is 1. The Labute approximate surface area is 165 Å². The van der Waals surface area contributed by atoms with E-state index in [1.807, 2.05) is 24.3 Å². The molecule has 1 atom stereocenters. The smallest absolute Gasteiger partial charge is 0.164 e. The molecule has 0 bridgehead atoms. The van der Waals surface area contributed by atoms with Crippen LogP contribution in [0.5, 0.6) is 0 Å². The summed E-state index contributed by atoms with van der Waals surface area (Å²) < 4.78 is 0. The number of Topliss-reactive ketones (excluding diaryl/α,β-unsaturated/α-hetero) is 1. The van der Waals surface area contributed by atoms with Crippen molar-refractivity contribution in [2.75, 3.05) is 0 Å². The van der Waals surface area contributed by atoms with Gasteiger partial charge in [-0.15, -0.1) is 0 Å². The molecule has 3 aromatic carbocycles. The summed E-state index contributed by atoms with van der Waals surface area (Å²) in [6.07, 6.45) is 1.41. The molecule has 4 aromatic rings. The summed E-state index contributed by atoms with van der Waals surface area (Å²) in [7, 11) is 0. The van der Waals surface area contributed by atoms with Gasteiger partial charge < -0.3 is 4.98 Å². The molecule has 1 heterocycles. The van der Waals surface area contributed by atoms with Crippen molar-refractivity contribution >= 4 is 16.7 Å². The van der Waals surface area contributed by atoms with Gasteiger partial charge in [0.1, 0.15) is 0 Å². The molecule has 0 aliphatic heterocycles. The van der Waals surface area contributed by atoms with Gasteiger partial charge in [0.2, 0.25) is 0 Å². The molecular weight excluding hydrogens is 342 g/mol. The number of aryl methyl sites for hydroxylation is 1. The van der Waals surface area contributed by atoms with Crippen LogP contribution in [0.15, 0.2) is 72.8 Å². The quantitative estimate of drug-likeness (QED) is 0.458. The lowest BCUT2D eigenvalue weighted by molar-refractivity contribution is 0.0976. The maximum atomic E-state index is 12.7. The number of rotatable bonds is 3. The van der Waals surface area contributed by atoms with E-state index < -0.39 is 0 Å². The van der Waals surface area contributed by atoms with Gasteiger partial charge in [-0.25, -0.2) is 0 Å². The Morgan fingerprint density at radius 1 is 0.964 bits per heavy atom. The highest BCUT2D eigenvalue weighted by molar-refractivity contribution is 6.02. The van der Waals surface area contributed by atoms with Crippen LogP contribution in [0.1, 0.15) is 40.4 Å². The lowest BCUT2D eigenvalue weighted by Gasteiger charge is -2.25. The van der Waals surface area contributed by atoms with Gasteiger partial charge in [-0.2, -0.15) is 0 Å². The average molecular weight is 365 g/mol. The zero-order chi connectivity index (χ0) is 19.3. The highest BCUT2D eigenvalue weighted by Crippen LogP contribution is 2.44. The number of aromatic nitrogens is 1. The minimum Gasteiger partial charge on any atom is -0.354 e. The molecule has 2 heteroatoms. The monoisotopic (exact) mass is 365 g/mol. The van der Waals surface area contributed by atoms with Crippen molar-refractivity contribution in [1.29, 1.82) is 0 Å². The summed E-state index contributed by atoms with van der Waals surface area (Å²) in [6, 6.07) is 25.2. The van der Waals surface area contributed by atoms with Gasteiger partial charge in [0, 0.05) is 34.0 Å². The largest absolute Gasteiger partial charge is 0.354 e. The van der Waals surface area contributed by atoms with Crippen molar-refractivity contribution in [2.45, 2.75) is 32.1 Å². The minimum absolute atomic E-state index is 0.184. The van der Waals surface area contributed by atoms with E-state index in [9.17, 15) is 4.79 Å². The van der Waals surface area contributed by atoms with Gasteiger partial charge in [-0.3, -0.25) is 4.79 Å². The zero-order valence-electron chi connectivity index (χ0n) is 16.3. The lowest BCUT2D eigenvalue weighted by atomic mass is 9.77. The van der Waals surface area contributed by atoms with E-state index in [0.717, 1.165) is 17.5 Å². The summed E-state index contributed by atoms with van der Waals surface area (Å²) in [5.74, 6) is 0.260. The Kier molecular flexibility index (Phi) is 3.77. The third-order valence-electron chi connectivity index (χ3n) is 6.12. The average Bonchev–Trinajstić information content (AvgIpc) is 3.18. The molecule has 1 unspecified atom stereocenters. The number of benzene rings is 3. The number of carbonyl (C=O) groups excluding carboxylic acids is 1. The number of H-pyrrole nitrogens is 1. The highest BCUT2D eigenvalue weighted by atomic mass is 16.1. The fourth-order valence-corrected chi connectivity index (χ4v) is 4.74. The molecule has 0 fully saturated rings. The molecule has 0 radical (unpaired) electrons. The van der Waals surface area contributed by atoms with Crippen molar-refractivity contribution in [3.63, 3.8) is 0 Å². The number of nitrogens with one attached hydrogen (secondary N) is 1. The summed E-state index contributed by atoms with van der Waals surface area (Å²) in [6.45, 7) is 4.37. The number of aromatic amines is 1. The van der Waals surface area contributed by atoms with Gasteiger partial charge in [-0.1, -0.05) is 73.2 Å². The van der Waals surface area contributed by atoms with Gasteiger partial charge in [0.25, 0.3) is 0 Å². The van der Waals surface area contributed by atoms with E-state index in [1.54, 1.807) is 0 Å². The Morgan fingerprint density at radius 3 is 2.54 bits per heavy atom. The van der Waals surface area contributed by atoms with Crippen LogP contribution in [-0.4, -0.2) is 10.8 Å². The van der Waals surface area contributed by atoms with Crippen LogP contribution in [0.4, 0.5) is 0 Å². The first-order chi connectivity index (χ1) is 13.5. The van der Waals surface area contributed by atoms with Crippen LogP contribution >= 0.6 is 0 Å². The highest BCUT2D eigenvalue weighted by Gasteiger charge is 2.40. The third-order valence-corrected chi connectivity index (χ3v) is 6.12. The lowest BCUT2D eigenvalue weighted by Crippen LogP contribution is -2.22. The van der Waals surface area contributed by atoms with Crippen LogP contribution in [0, 0.1) is 6.92 Å². The number of carbonyl (C=O) groups is 1. The first kappa shape index (κ1) is 17.0. The Balaban J connectivity index is 1.71. The molecular formula is C26H23NO. The van der Waals surface area contributed by atoms with E-state index in [0.29, 0.717) is 6.42 Å². The van der Waals surface area contributed by atoms with Crippen LogP contribution < -0.4 is 0 Å². The molecule has 1 aliphatic rings. The second-order valence-corrected chi connectivity index (χ2v) is 8.28. The molecule has 2 nitrogen and oxygen atoms in total. The van der Waals surface area contributed by atoms with Gasteiger partial charge >= 0.3 is 0 Å². The second-order valence-electron chi connectivity index (χ2n) is 8.28. The zero-order valence-corrected chi connectivity index (χ0v) is 16.3. The summed E-state index contributed by atoms with van der Waals surface area (Å²) >= 11 is 0. The molecule has 28 heavy (non-hydrogen) atoms. The fourth-order valence-electron chi connectivity index (χ4n) is 4.74. The van der Waals surface area contributed by atoms with Crippen LogP contribution in [-0.2, 0) is 11.8 Å². The maximum Gasteiger partial charge on any atom is 0.164 e. The molecule has 0 amide bonds. The van der Waals surface area contributed by atoms with E-state index in [4.69, 9.17) is 0 Å². The number of fused-ring (bicyclic) bond motifs is 2. The summed E-state index contributed by atoms with van der Waals surface area (Å²) in [5, 5.41) is 1.26. The van der Waals surface area contributed by atoms with E-state index in [-0.39, 0.29) is 11.2 Å². The maximum absolute atomic E-state index is 12.7. The van der Waals surface area contributed by atoms with Gasteiger partial charge in [0.15, 0.2) is 5.78 Å². The molecule has 0 saturated carbocycles. The number of hydrogen-bond donors (Lipinski definition) is 1. The minimum atomic E-state index is -0.184. The molecule has 5 rings (SSSR count). The van der Waals surface area contributed by atoms with Gasteiger partial charge in [-0.05, 0) is 42.2 Å². The van der Waals surface area contributed by atoms with Crippen LogP contribution in [0.3, 0.4) is 0 Å². The Bertz CT molecular complexity index is 1200. The second kappa shape index (κ2) is 6.20.